The summed E-state index contributed by atoms with van der Waals surface area (Å²) in [5.41, 5.74) is 1.14. The summed E-state index contributed by atoms with van der Waals surface area (Å²) in [6.45, 7) is 4.89. The fourth-order valence-electron chi connectivity index (χ4n) is 1.50. The molecule has 0 unspecified atom stereocenters. The van der Waals surface area contributed by atoms with E-state index in [9.17, 15) is 4.79 Å². The van der Waals surface area contributed by atoms with Crippen molar-refractivity contribution in [2.24, 2.45) is 4.99 Å². The van der Waals surface area contributed by atoms with E-state index < -0.39 is 0 Å². The lowest BCUT2D eigenvalue weighted by Crippen LogP contribution is -2.45. The van der Waals surface area contributed by atoms with Crippen LogP contribution in [0.4, 0.5) is 0 Å². The molecule has 2 N–H and O–H groups in total. The minimum atomic E-state index is 0. The molecule has 0 saturated carbocycles. The number of hydrogen-bond acceptors (Lipinski definition) is 2. The summed E-state index contributed by atoms with van der Waals surface area (Å²) >= 11 is 0. The molecule has 0 heterocycles. The number of amides is 1. The number of hydrogen-bond donors (Lipinski definition) is 2. The monoisotopic (exact) mass is 404 g/mol. The summed E-state index contributed by atoms with van der Waals surface area (Å²) in [7, 11) is 3.47. The Morgan fingerprint density at radius 2 is 1.86 bits per heavy atom. The first kappa shape index (κ1) is 19.7. The summed E-state index contributed by atoms with van der Waals surface area (Å²) in [5.74, 6) is 0.669. The molecule has 0 saturated heterocycles. The highest BCUT2D eigenvalue weighted by molar-refractivity contribution is 14.0. The van der Waals surface area contributed by atoms with Crippen molar-refractivity contribution in [2.75, 3.05) is 20.6 Å². The van der Waals surface area contributed by atoms with Gasteiger partial charge in [-0.3, -0.25) is 4.79 Å². The third kappa shape index (κ3) is 8.54. The highest BCUT2D eigenvalue weighted by atomic mass is 127. The summed E-state index contributed by atoms with van der Waals surface area (Å²) in [6.07, 6.45) is 0. The predicted octanol–water partition coefficient (Wildman–Crippen LogP) is 1.84. The second kappa shape index (κ2) is 10.4. The lowest BCUT2D eigenvalue weighted by Gasteiger charge is -2.16. The third-order valence-electron chi connectivity index (χ3n) is 2.59. The van der Waals surface area contributed by atoms with Crippen LogP contribution in [0.15, 0.2) is 35.3 Å². The van der Waals surface area contributed by atoms with E-state index in [1.165, 1.54) is 0 Å². The first-order valence-electron chi connectivity index (χ1n) is 6.78. The Bertz CT molecular complexity index is 446. The first-order chi connectivity index (χ1) is 9.49. The molecular weight excluding hydrogens is 379 g/mol. The number of nitrogens with one attached hydrogen (secondary N) is 2. The first-order valence-corrected chi connectivity index (χ1v) is 6.78. The summed E-state index contributed by atoms with van der Waals surface area (Å²) in [5, 5.41) is 6.26. The molecule has 21 heavy (non-hydrogen) atoms. The third-order valence-corrected chi connectivity index (χ3v) is 2.59. The molecule has 6 heteroatoms. The molecule has 0 radical (unpaired) electrons. The van der Waals surface area contributed by atoms with Crippen molar-refractivity contribution in [3.63, 3.8) is 0 Å². The Labute approximate surface area is 144 Å². The van der Waals surface area contributed by atoms with Crippen molar-refractivity contribution >= 4 is 35.8 Å². The number of benzene rings is 1. The van der Waals surface area contributed by atoms with E-state index in [-0.39, 0.29) is 42.5 Å². The fourth-order valence-corrected chi connectivity index (χ4v) is 1.50. The Kier molecular flexibility index (Phi) is 9.77. The second-order valence-corrected chi connectivity index (χ2v) is 5.09. The molecule has 0 aliphatic rings. The van der Waals surface area contributed by atoms with Crippen LogP contribution in [0.1, 0.15) is 19.4 Å². The minimum absolute atomic E-state index is 0. The fraction of sp³-hybridized carbons (Fsp3) is 0.467. The van der Waals surface area contributed by atoms with Gasteiger partial charge in [-0.25, -0.2) is 4.99 Å². The van der Waals surface area contributed by atoms with E-state index in [1.54, 1.807) is 19.0 Å². The normalized spacial score (nSPS) is 10.8. The number of likely N-dealkylation sites (N-methyl/N-ethyl adjacent to an activating group) is 1. The molecule has 0 fully saturated rings. The molecule has 0 bridgehead atoms. The van der Waals surface area contributed by atoms with Gasteiger partial charge in [0.25, 0.3) is 0 Å². The molecule has 1 rings (SSSR count). The van der Waals surface area contributed by atoms with Gasteiger partial charge in [0, 0.05) is 20.1 Å². The van der Waals surface area contributed by atoms with Crippen LogP contribution in [0.3, 0.4) is 0 Å². The summed E-state index contributed by atoms with van der Waals surface area (Å²) in [4.78, 5) is 17.6. The molecule has 118 valence electrons. The molecule has 1 aromatic carbocycles. The topological polar surface area (TPSA) is 56.7 Å². The highest BCUT2D eigenvalue weighted by Crippen LogP contribution is 1.99. The molecule has 0 atom stereocenters. The SMILES string of the molecule is CC(C)NC(=NCc1ccccc1)NCC(=O)N(C)C.I. The van der Waals surface area contributed by atoms with E-state index in [0.29, 0.717) is 12.5 Å². The zero-order valence-electron chi connectivity index (χ0n) is 13.1. The molecule has 5 nitrogen and oxygen atoms in total. The van der Waals surface area contributed by atoms with Crippen LogP contribution in [-0.2, 0) is 11.3 Å². The second-order valence-electron chi connectivity index (χ2n) is 5.09. The maximum Gasteiger partial charge on any atom is 0.241 e. The number of aliphatic imine (C=N–C) groups is 1. The molecule has 1 amide bonds. The predicted molar refractivity (Wildman–Crippen MR) is 98.0 cm³/mol. The van der Waals surface area contributed by atoms with Crippen LogP contribution in [0, 0.1) is 0 Å². The zero-order valence-corrected chi connectivity index (χ0v) is 15.4. The van der Waals surface area contributed by atoms with Crippen molar-refractivity contribution in [1.29, 1.82) is 0 Å². The maximum atomic E-state index is 11.6. The van der Waals surface area contributed by atoms with Gasteiger partial charge in [0.05, 0.1) is 13.1 Å². The van der Waals surface area contributed by atoms with Crippen LogP contribution in [0.2, 0.25) is 0 Å². The lowest BCUT2D eigenvalue weighted by atomic mass is 10.2. The van der Waals surface area contributed by atoms with Crippen LogP contribution < -0.4 is 10.6 Å². The minimum Gasteiger partial charge on any atom is -0.354 e. The van der Waals surface area contributed by atoms with Gasteiger partial charge in [0.15, 0.2) is 5.96 Å². The number of carbonyl (C=O) groups excluding carboxylic acids is 1. The molecule has 0 aromatic heterocycles. The number of halogens is 1. The van der Waals surface area contributed by atoms with Crippen molar-refractivity contribution in [2.45, 2.75) is 26.4 Å². The summed E-state index contributed by atoms with van der Waals surface area (Å²) in [6, 6.07) is 10.3. The van der Waals surface area contributed by atoms with Crippen LogP contribution in [0.25, 0.3) is 0 Å². The largest absolute Gasteiger partial charge is 0.354 e. The van der Waals surface area contributed by atoms with Crippen molar-refractivity contribution < 1.29 is 4.79 Å². The van der Waals surface area contributed by atoms with Gasteiger partial charge in [0.2, 0.25) is 5.91 Å². The number of rotatable bonds is 5. The Morgan fingerprint density at radius 3 is 2.38 bits per heavy atom. The molecular formula is C15H25IN4O. The average molecular weight is 404 g/mol. The van der Waals surface area contributed by atoms with Gasteiger partial charge in [-0.15, -0.1) is 24.0 Å². The van der Waals surface area contributed by atoms with Gasteiger partial charge >= 0.3 is 0 Å². The van der Waals surface area contributed by atoms with E-state index in [1.807, 2.05) is 44.2 Å². The van der Waals surface area contributed by atoms with Gasteiger partial charge < -0.3 is 15.5 Å². The van der Waals surface area contributed by atoms with Crippen molar-refractivity contribution in [3.05, 3.63) is 35.9 Å². The Hall–Kier alpha value is -1.31. The highest BCUT2D eigenvalue weighted by Gasteiger charge is 2.06. The van der Waals surface area contributed by atoms with Gasteiger partial charge in [-0.2, -0.15) is 0 Å². The Balaban J connectivity index is 0.00000400. The molecule has 0 aliphatic carbocycles. The molecule has 0 spiro atoms. The summed E-state index contributed by atoms with van der Waals surface area (Å²) < 4.78 is 0. The van der Waals surface area contributed by atoms with Gasteiger partial charge in [-0.05, 0) is 19.4 Å². The smallest absolute Gasteiger partial charge is 0.241 e. The number of carbonyl (C=O) groups is 1. The van der Waals surface area contributed by atoms with E-state index in [4.69, 9.17) is 0 Å². The van der Waals surface area contributed by atoms with Gasteiger partial charge in [0.1, 0.15) is 0 Å². The van der Waals surface area contributed by atoms with Crippen LogP contribution in [-0.4, -0.2) is 43.4 Å². The van der Waals surface area contributed by atoms with E-state index >= 15 is 0 Å². The van der Waals surface area contributed by atoms with Crippen LogP contribution in [0.5, 0.6) is 0 Å². The van der Waals surface area contributed by atoms with Gasteiger partial charge in [-0.1, -0.05) is 30.3 Å². The van der Waals surface area contributed by atoms with E-state index in [2.05, 4.69) is 15.6 Å². The standard InChI is InChI=1S/C15H24N4O.HI/c1-12(2)18-15(17-11-14(20)19(3)4)16-10-13-8-6-5-7-9-13;/h5-9,12H,10-11H2,1-4H3,(H2,16,17,18);1H. The quantitative estimate of drug-likeness (QED) is 0.448. The van der Waals surface area contributed by atoms with Crippen molar-refractivity contribution in [1.82, 2.24) is 15.5 Å². The lowest BCUT2D eigenvalue weighted by molar-refractivity contribution is -0.127. The maximum absolute atomic E-state index is 11.6. The Morgan fingerprint density at radius 1 is 1.24 bits per heavy atom. The molecule has 1 aromatic rings. The number of nitrogens with zero attached hydrogens (tertiary/aromatic N) is 2. The average Bonchev–Trinajstić information content (AvgIpc) is 2.42. The van der Waals surface area contributed by atoms with Crippen LogP contribution >= 0.6 is 24.0 Å². The molecule has 0 aliphatic heterocycles. The zero-order chi connectivity index (χ0) is 15.0. The van der Waals surface area contributed by atoms with Crippen molar-refractivity contribution in [3.8, 4) is 0 Å². The van der Waals surface area contributed by atoms with E-state index in [0.717, 1.165) is 5.56 Å². The number of guanidine groups is 1.